The summed E-state index contributed by atoms with van der Waals surface area (Å²) in [6.07, 6.45) is 0.569. The fourth-order valence-corrected chi connectivity index (χ4v) is 6.56. The van der Waals surface area contributed by atoms with Gasteiger partial charge in [-0.05, 0) is 63.1 Å². The van der Waals surface area contributed by atoms with Crippen LogP contribution in [-0.4, -0.2) is 76.9 Å². The van der Waals surface area contributed by atoms with Crippen molar-refractivity contribution < 1.29 is 23.9 Å². The molecule has 8 nitrogen and oxygen atoms in total. The number of amides is 2. The topological polar surface area (TPSA) is 88.2 Å². The second-order valence-electron chi connectivity index (χ2n) is 11.0. The van der Waals surface area contributed by atoms with Crippen LogP contribution in [0.1, 0.15) is 38.0 Å². The molecule has 1 N–H and O–H groups in total. The van der Waals surface area contributed by atoms with Crippen molar-refractivity contribution in [3.05, 3.63) is 94.5 Å². The Morgan fingerprint density at radius 2 is 1.71 bits per heavy atom. The van der Waals surface area contributed by atoms with Crippen LogP contribution in [0.2, 0.25) is 0 Å². The first-order valence-electron chi connectivity index (χ1n) is 13.5. The Bertz CT molecular complexity index is 1250. The number of carbonyl (C=O) groups excluding carboxylic acids is 3. The first-order chi connectivity index (χ1) is 19.5. The molecule has 10 heteroatoms. The van der Waals surface area contributed by atoms with Crippen LogP contribution in [0.15, 0.2) is 83.4 Å². The van der Waals surface area contributed by atoms with Crippen molar-refractivity contribution in [1.82, 2.24) is 15.1 Å². The van der Waals surface area contributed by atoms with E-state index in [-0.39, 0.29) is 11.6 Å². The van der Waals surface area contributed by atoms with Crippen LogP contribution in [-0.2, 0) is 19.1 Å². The number of rotatable bonds is 10. The van der Waals surface area contributed by atoms with Gasteiger partial charge >= 0.3 is 12.1 Å². The highest BCUT2D eigenvalue weighted by molar-refractivity contribution is 8.02. The molecule has 1 saturated heterocycles. The van der Waals surface area contributed by atoms with Crippen molar-refractivity contribution in [3.63, 3.8) is 0 Å². The van der Waals surface area contributed by atoms with Gasteiger partial charge in [0.15, 0.2) is 6.10 Å². The van der Waals surface area contributed by atoms with Gasteiger partial charge in [-0.25, -0.2) is 9.59 Å². The first kappa shape index (κ1) is 30.7. The smallest absolute Gasteiger partial charge is 0.408 e. The molecule has 2 atom stereocenters. The lowest BCUT2D eigenvalue weighted by Gasteiger charge is -2.49. The molecular formula is C31H37N3O5S2. The third-order valence-corrected chi connectivity index (χ3v) is 8.36. The van der Waals surface area contributed by atoms with Crippen LogP contribution >= 0.6 is 23.5 Å². The zero-order chi connectivity index (χ0) is 29.6. The second-order valence-corrected chi connectivity index (χ2v) is 13.1. The maximum atomic E-state index is 14.0. The molecular weight excluding hydrogens is 558 g/mol. The molecule has 0 bridgehead atoms. The molecule has 2 heterocycles. The molecule has 2 aliphatic rings. The minimum atomic E-state index is -0.795. The summed E-state index contributed by atoms with van der Waals surface area (Å²) in [6, 6.07) is 18.3. The number of β-lactam (4-membered cyclic amide) rings is 1. The predicted octanol–water partition coefficient (Wildman–Crippen LogP) is 5.19. The molecule has 2 aliphatic heterocycles. The summed E-state index contributed by atoms with van der Waals surface area (Å²) < 4.78 is 11.5. The second kappa shape index (κ2) is 13.6. The Labute approximate surface area is 250 Å². The number of fused-ring (bicyclic) bond motifs is 1. The molecule has 41 heavy (non-hydrogen) atoms. The summed E-state index contributed by atoms with van der Waals surface area (Å²) >= 11 is 3.13. The third kappa shape index (κ3) is 7.96. The maximum Gasteiger partial charge on any atom is 0.408 e. The summed E-state index contributed by atoms with van der Waals surface area (Å²) in [6.45, 7) is 6.20. The van der Waals surface area contributed by atoms with Crippen molar-refractivity contribution in [2.75, 3.05) is 32.1 Å². The van der Waals surface area contributed by atoms with E-state index in [4.69, 9.17) is 9.47 Å². The Morgan fingerprint density at radius 3 is 2.27 bits per heavy atom. The van der Waals surface area contributed by atoms with E-state index in [1.165, 1.54) is 16.7 Å². The number of ether oxygens (including phenoxy) is 2. The molecule has 0 spiro atoms. The molecule has 0 unspecified atom stereocenters. The molecule has 4 rings (SSSR count). The number of thioether (sulfide) groups is 2. The van der Waals surface area contributed by atoms with Crippen LogP contribution in [0.4, 0.5) is 4.79 Å². The highest BCUT2D eigenvalue weighted by atomic mass is 32.2. The molecule has 2 aromatic rings. The van der Waals surface area contributed by atoms with E-state index in [1.54, 1.807) is 32.5 Å². The van der Waals surface area contributed by atoms with Crippen molar-refractivity contribution in [2.45, 2.75) is 43.9 Å². The van der Waals surface area contributed by atoms with Crippen molar-refractivity contribution in [3.8, 4) is 0 Å². The number of benzene rings is 2. The van der Waals surface area contributed by atoms with Crippen molar-refractivity contribution >= 4 is 41.5 Å². The van der Waals surface area contributed by atoms with Gasteiger partial charge in [0.1, 0.15) is 22.7 Å². The van der Waals surface area contributed by atoms with Crippen molar-refractivity contribution in [2.24, 2.45) is 0 Å². The lowest BCUT2D eigenvalue weighted by molar-refractivity contribution is -0.153. The van der Waals surface area contributed by atoms with Gasteiger partial charge in [0.2, 0.25) is 0 Å². The highest BCUT2D eigenvalue weighted by Crippen LogP contribution is 2.42. The summed E-state index contributed by atoms with van der Waals surface area (Å²) in [5.41, 5.74) is 1.87. The number of esters is 1. The number of carbonyl (C=O) groups is 3. The summed E-state index contributed by atoms with van der Waals surface area (Å²) in [7, 11) is 4.04. The van der Waals surface area contributed by atoms with Gasteiger partial charge in [0, 0.05) is 18.1 Å². The number of nitrogens with zero attached hydrogens (tertiary/aromatic N) is 2. The van der Waals surface area contributed by atoms with Gasteiger partial charge < -0.3 is 19.7 Å². The molecule has 0 radical (unpaired) electrons. The molecule has 2 amide bonds. The quantitative estimate of drug-likeness (QED) is 0.228. The average molecular weight is 596 g/mol. The fraction of sp³-hybridized carbons (Fsp3) is 0.387. The molecule has 0 aliphatic carbocycles. The number of nitrogens with one attached hydrogen (secondary N) is 1. The van der Waals surface area contributed by atoms with Crippen LogP contribution < -0.4 is 5.32 Å². The SMILES string of the molecule is CN(C)CCS/C=C/C1=C(C(=O)OC(c2ccccc2)c2ccccc2)N2C(=O)[C@@H](NC(=O)OC(C)(C)C)[C@H]2SC1. The lowest BCUT2D eigenvalue weighted by Crippen LogP contribution is -2.70. The Kier molecular flexibility index (Phi) is 10.2. The van der Waals surface area contributed by atoms with Gasteiger partial charge in [-0.3, -0.25) is 9.69 Å². The lowest BCUT2D eigenvalue weighted by atomic mass is 10.0. The zero-order valence-electron chi connectivity index (χ0n) is 24.0. The van der Waals surface area contributed by atoms with E-state index in [9.17, 15) is 14.4 Å². The molecule has 1 fully saturated rings. The Morgan fingerprint density at radius 1 is 1.10 bits per heavy atom. The Hall–Kier alpha value is -3.21. The van der Waals surface area contributed by atoms with E-state index in [0.717, 1.165) is 23.4 Å². The summed E-state index contributed by atoms with van der Waals surface area (Å²) in [4.78, 5) is 43.3. The maximum absolute atomic E-state index is 14.0. The number of hydrogen-bond acceptors (Lipinski definition) is 8. The minimum absolute atomic E-state index is 0.210. The normalized spacial score (nSPS) is 18.9. The largest absolute Gasteiger partial charge is 0.448 e. The first-order valence-corrected chi connectivity index (χ1v) is 15.6. The standard InChI is InChI=1S/C31H37N3O5S2/c1-31(2,3)39-30(37)32-24-27(35)34-25(23(20-41-28(24)34)16-18-40-19-17-33(4)5)29(36)38-26(21-12-8-6-9-13-21)22-14-10-7-11-15-22/h6-16,18,24,26,28H,17,19-20H2,1-5H3,(H,32,37)/b18-16+/t24-,28-/m1/s1. The zero-order valence-corrected chi connectivity index (χ0v) is 25.7. The fourth-order valence-electron chi connectivity index (χ4n) is 4.38. The average Bonchev–Trinajstić information content (AvgIpc) is 2.93. The molecule has 218 valence electrons. The van der Waals surface area contributed by atoms with E-state index in [0.29, 0.717) is 11.3 Å². The van der Waals surface area contributed by atoms with Gasteiger partial charge in [-0.2, -0.15) is 0 Å². The van der Waals surface area contributed by atoms with E-state index in [2.05, 4.69) is 10.2 Å². The third-order valence-electron chi connectivity index (χ3n) is 6.31. The molecule has 2 aromatic carbocycles. The van der Waals surface area contributed by atoms with Gasteiger partial charge in [-0.1, -0.05) is 60.7 Å². The van der Waals surface area contributed by atoms with Crippen LogP contribution in [0, 0.1) is 0 Å². The van der Waals surface area contributed by atoms with E-state index < -0.39 is 35.2 Å². The number of hydrogen-bond donors (Lipinski definition) is 1. The van der Waals surface area contributed by atoms with Gasteiger partial charge in [-0.15, -0.1) is 23.5 Å². The van der Waals surface area contributed by atoms with Crippen LogP contribution in [0.25, 0.3) is 0 Å². The van der Waals surface area contributed by atoms with Gasteiger partial charge in [0.05, 0.1) is 0 Å². The monoisotopic (exact) mass is 595 g/mol. The number of allylic oxidation sites excluding steroid dienone is 1. The highest BCUT2D eigenvalue weighted by Gasteiger charge is 2.54. The summed E-state index contributed by atoms with van der Waals surface area (Å²) in [5, 5.41) is 4.20. The van der Waals surface area contributed by atoms with E-state index in [1.807, 2.05) is 86.2 Å². The predicted molar refractivity (Wildman–Crippen MR) is 164 cm³/mol. The van der Waals surface area contributed by atoms with E-state index >= 15 is 0 Å². The Balaban J connectivity index is 1.61. The van der Waals surface area contributed by atoms with Crippen LogP contribution in [0.3, 0.4) is 0 Å². The minimum Gasteiger partial charge on any atom is -0.448 e. The molecule has 0 saturated carbocycles. The summed E-state index contributed by atoms with van der Waals surface area (Å²) in [5.74, 6) is 0.412. The number of alkyl carbamates (subject to hydrolysis) is 1. The van der Waals surface area contributed by atoms with Gasteiger partial charge in [0.25, 0.3) is 5.91 Å². The molecule has 0 aromatic heterocycles. The van der Waals surface area contributed by atoms with Crippen molar-refractivity contribution in [1.29, 1.82) is 0 Å². The van der Waals surface area contributed by atoms with Crippen LogP contribution in [0.5, 0.6) is 0 Å².